The molecule has 1 aromatic carbocycles. The van der Waals surface area contributed by atoms with Gasteiger partial charge in [0.25, 0.3) is 0 Å². The maximum Gasteiger partial charge on any atom is 0.249 e. The highest BCUT2D eigenvalue weighted by atomic mass is 19.1. The second-order valence-electron chi connectivity index (χ2n) is 11.7. The van der Waals surface area contributed by atoms with Crippen molar-refractivity contribution in [3.63, 3.8) is 0 Å². The molecule has 1 aliphatic rings. The van der Waals surface area contributed by atoms with E-state index in [1.54, 1.807) is 17.1 Å². The summed E-state index contributed by atoms with van der Waals surface area (Å²) in [5.41, 5.74) is 7.12. The highest BCUT2D eigenvalue weighted by Crippen LogP contribution is 2.46. The number of oxazole rings is 1. The van der Waals surface area contributed by atoms with E-state index in [1.165, 1.54) is 24.6 Å². The number of pyridine rings is 1. The quantitative estimate of drug-likeness (QED) is 0.207. The summed E-state index contributed by atoms with van der Waals surface area (Å²) in [5.74, 6) is -3.50. The minimum atomic E-state index is -1.65. The number of aliphatic hydroxyl groups excluding tert-OH is 1. The molecule has 4 N–H and O–H groups in total. The lowest BCUT2D eigenvalue weighted by atomic mass is 9.63. The van der Waals surface area contributed by atoms with Crippen LogP contribution in [0.1, 0.15) is 62.9 Å². The Hall–Kier alpha value is -4.22. The molecule has 11 heteroatoms. The van der Waals surface area contributed by atoms with Gasteiger partial charge in [-0.25, -0.2) is 13.8 Å². The number of nitrogens with zero attached hydrogens (tertiary/aromatic N) is 3. The van der Waals surface area contributed by atoms with Crippen LogP contribution in [0.5, 0.6) is 0 Å². The molecule has 9 nitrogen and oxygen atoms in total. The molecule has 3 atom stereocenters. The van der Waals surface area contributed by atoms with Crippen LogP contribution in [-0.4, -0.2) is 57.5 Å². The molecule has 2 aromatic heterocycles. The Kier molecular flexibility index (Phi) is 11.9. The van der Waals surface area contributed by atoms with Gasteiger partial charge in [-0.15, -0.1) is 0 Å². The molecule has 3 aromatic rings. The van der Waals surface area contributed by atoms with Crippen LogP contribution in [0.25, 0.3) is 5.57 Å². The maximum atomic E-state index is 14.4. The van der Waals surface area contributed by atoms with Crippen molar-refractivity contribution < 1.29 is 27.9 Å². The average Bonchev–Trinajstić information content (AvgIpc) is 3.58. The van der Waals surface area contributed by atoms with E-state index in [-0.39, 0.29) is 36.7 Å². The second kappa shape index (κ2) is 15.9. The van der Waals surface area contributed by atoms with Gasteiger partial charge in [0.15, 0.2) is 0 Å². The smallest absolute Gasteiger partial charge is 0.249 e. The minimum Gasteiger partial charge on any atom is -0.445 e. The maximum absolute atomic E-state index is 14.4. The van der Waals surface area contributed by atoms with Crippen LogP contribution in [0.4, 0.5) is 8.78 Å². The molecule has 0 bridgehead atoms. The van der Waals surface area contributed by atoms with E-state index >= 15 is 0 Å². The van der Waals surface area contributed by atoms with Gasteiger partial charge in [0, 0.05) is 55.0 Å². The van der Waals surface area contributed by atoms with Gasteiger partial charge in [0.1, 0.15) is 17.9 Å². The molecule has 2 amide bonds. The lowest BCUT2D eigenvalue weighted by Gasteiger charge is -2.42. The lowest BCUT2D eigenvalue weighted by molar-refractivity contribution is -0.132. The van der Waals surface area contributed by atoms with Crippen molar-refractivity contribution in [3.05, 3.63) is 101 Å². The van der Waals surface area contributed by atoms with E-state index in [9.17, 15) is 23.5 Å². The van der Waals surface area contributed by atoms with Crippen LogP contribution in [0.2, 0.25) is 0 Å². The molecule has 0 spiro atoms. The highest BCUT2D eigenvalue weighted by Gasteiger charge is 2.49. The summed E-state index contributed by atoms with van der Waals surface area (Å²) in [5, 5.41) is 15.0. The molecule has 0 fully saturated rings. The first-order valence-electron chi connectivity index (χ1n) is 15.8. The first-order valence-corrected chi connectivity index (χ1v) is 15.8. The van der Waals surface area contributed by atoms with Crippen LogP contribution in [0.15, 0.2) is 71.0 Å². The van der Waals surface area contributed by atoms with Crippen molar-refractivity contribution in [1.29, 1.82) is 0 Å². The molecule has 46 heavy (non-hydrogen) atoms. The van der Waals surface area contributed by atoms with Gasteiger partial charge >= 0.3 is 0 Å². The number of hydrogen-bond acceptors (Lipinski definition) is 7. The van der Waals surface area contributed by atoms with Crippen molar-refractivity contribution in [2.45, 2.75) is 65.5 Å². The van der Waals surface area contributed by atoms with E-state index in [2.05, 4.69) is 15.3 Å². The fourth-order valence-corrected chi connectivity index (χ4v) is 6.15. The van der Waals surface area contributed by atoms with Crippen molar-refractivity contribution in [2.24, 2.45) is 17.1 Å². The molecule has 0 aliphatic heterocycles. The molecule has 0 radical (unpaired) electrons. The summed E-state index contributed by atoms with van der Waals surface area (Å²) in [6.45, 7) is 7.32. The van der Waals surface area contributed by atoms with E-state index in [1.807, 2.05) is 39.0 Å². The Balaban J connectivity index is 1.77. The van der Waals surface area contributed by atoms with Gasteiger partial charge in [0.2, 0.25) is 17.7 Å². The van der Waals surface area contributed by atoms with Gasteiger partial charge in [-0.1, -0.05) is 32.9 Å². The predicted octanol–water partition coefficient (Wildman–Crippen LogP) is 4.75. The number of primary amides is 1. The van der Waals surface area contributed by atoms with Crippen LogP contribution in [0.3, 0.4) is 0 Å². The first-order chi connectivity index (χ1) is 22.1. The third kappa shape index (κ3) is 8.32. The molecular formula is C35H43F2N5O4. The van der Waals surface area contributed by atoms with E-state index < -0.39 is 35.0 Å². The molecule has 0 saturated heterocycles. The normalized spacial score (nSPS) is 17.6. The number of benzene rings is 1. The van der Waals surface area contributed by atoms with E-state index in [0.29, 0.717) is 30.8 Å². The van der Waals surface area contributed by atoms with Crippen LogP contribution in [-0.2, 0) is 29.0 Å². The number of carbonyl (C=O) groups is 2. The van der Waals surface area contributed by atoms with Gasteiger partial charge in [-0.05, 0) is 68.0 Å². The van der Waals surface area contributed by atoms with Gasteiger partial charge in [-0.3, -0.25) is 14.6 Å². The fourth-order valence-electron chi connectivity index (χ4n) is 6.15. The van der Waals surface area contributed by atoms with Crippen LogP contribution < -0.4 is 11.1 Å². The zero-order valence-electron chi connectivity index (χ0n) is 26.6. The van der Waals surface area contributed by atoms with E-state index in [0.717, 1.165) is 36.7 Å². The topological polar surface area (TPSA) is 135 Å². The SMILES string of the molecule is CCCN(CCC)C(=O)C1=CC(c2ncco2)=CC(C(N)=O)([C@H](Cc2cc(F)cc(F)c2)[C@@H](O)CNCc2cccc(CC)n2)C1. The van der Waals surface area contributed by atoms with Crippen molar-refractivity contribution in [1.82, 2.24) is 20.2 Å². The number of halogens is 2. The number of allylic oxidation sites excluding steroid dienone is 2. The Bertz CT molecular complexity index is 1530. The first kappa shape index (κ1) is 34.6. The number of aliphatic hydroxyl groups is 1. The fraction of sp³-hybridized carbons (Fsp3) is 0.429. The Morgan fingerprint density at radius 2 is 1.80 bits per heavy atom. The van der Waals surface area contributed by atoms with Crippen LogP contribution in [0, 0.1) is 23.0 Å². The monoisotopic (exact) mass is 635 g/mol. The average molecular weight is 636 g/mol. The van der Waals surface area contributed by atoms with Gasteiger partial charge < -0.3 is 25.5 Å². The molecule has 1 unspecified atom stereocenters. The summed E-state index contributed by atoms with van der Waals surface area (Å²) in [4.78, 5) is 38.2. The number of nitrogens with one attached hydrogen (secondary N) is 1. The number of nitrogens with two attached hydrogens (primary N) is 1. The summed E-state index contributed by atoms with van der Waals surface area (Å²) in [6, 6.07) is 8.79. The van der Waals surface area contributed by atoms with Crippen molar-refractivity contribution >= 4 is 17.4 Å². The van der Waals surface area contributed by atoms with Gasteiger partial charge in [-0.2, -0.15) is 0 Å². The molecule has 246 valence electrons. The Morgan fingerprint density at radius 3 is 2.41 bits per heavy atom. The number of aryl methyl sites for hydroxylation is 1. The molecule has 0 saturated carbocycles. The van der Waals surface area contributed by atoms with Crippen molar-refractivity contribution in [3.8, 4) is 0 Å². The third-order valence-electron chi connectivity index (χ3n) is 8.30. The molecule has 4 rings (SSSR count). The number of aromatic nitrogens is 2. The zero-order chi connectivity index (χ0) is 33.3. The summed E-state index contributed by atoms with van der Waals surface area (Å²) in [6.07, 6.45) is 6.79. The third-order valence-corrected chi connectivity index (χ3v) is 8.30. The number of rotatable bonds is 16. The van der Waals surface area contributed by atoms with Crippen molar-refractivity contribution in [2.75, 3.05) is 19.6 Å². The molecule has 2 heterocycles. The van der Waals surface area contributed by atoms with Crippen LogP contribution >= 0.6 is 0 Å². The lowest BCUT2D eigenvalue weighted by Crippen LogP contribution is -2.51. The summed E-state index contributed by atoms with van der Waals surface area (Å²) >= 11 is 0. The highest BCUT2D eigenvalue weighted by molar-refractivity contribution is 6.00. The number of amides is 2. The minimum absolute atomic E-state index is 0.00247. The Labute approximate surface area is 268 Å². The molecule has 1 aliphatic carbocycles. The number of hydrogen-bond donors (Lipinski definition) is 3. The molecular weight excluding hydrogens is 592 g/mol. The zero-order valence-corrected chi connectivity index (χ0v) is 26.6. The standard InChI is InChI=1S/C35H43F2N5O4/c1-4-11-42(12-5-2)33(44)25-17-24(32-40-10-13-46-32)19-35(20-25,34(38)45)30(16-23-14-26(36)18-27(37)15-23)31(43)22-39-21-29-9-7-8-28(6-3)41-29/h7-10,13-15,17-19,30-31,39,43H,4-6,11-12,16,20-22H2,1-3H3,(H2,38,45)/t30-,31+,35?/m1/s1. The van der Waals surface area contributed by atoms with Gasteiger partial charge in [0.05, 0.1) is 23.4 Å². The summed E-state index contributed by atoms with van der Waals surface area (Å²) in [7, 11) is 0. The van der Waals surface area contributed by atoms with E-state index in [4.69, 9.17) is 10.2 Å². The number of carbonyl (C=O) groups excluding carboxylic acids is 2. The largest absolute Gasteiger partial charge is 0.445 e. The summed E-state index contributed by atoms with van der Waals surface area (Å²) < 4.78 is 34.3. The predicted molar refractivity (Wildman–Crippen MR) is 171 cm³/mol. The Morgan fingerprint density at radius 1 is 1.11 bits per heavy atom. The second-order valence-corrected chi connectivity index (χ2v) is 11.7.